The number of β-amino-alcohol motifs (C(OH)–C–C–N with tert-alkyl or cyclic N) is 1. The number of aliphatic hydroxyl groups is 1. The van der Waals surface area contributed by atoms with Crippen molar-refractivity contribution < 1.29 is 9.90 Å². The fraction of sp³-hybridized carbons (Fsp3) is 0.125. The van der Waals surface area contributed by atoms with Crippen LogP contribution in [0.2, 0.25) is 5.02 Å². The highest BCUT2D eigenvalue weighted by Crippen LogP contribution is 2.45. The summed E-state index contributed by atoms with van der Waals surface area (Å²) in [5, 5.41) is 11.4. The van der Waals surface area contributed by atoms with Crippen LogP contribution < -0.4 is 0 Å². The van der Waals surface area contributed by atoms with E-state index in [0.717, 1.165) is 33.3 Å². The molecule has 0 spiro atoms. The molecule has 0 fully saturated rings. The number of rotatable bonds is 4. The van der Waals surface area contributed by atoms with Crippen molar-refractivity contribution in [3.63, 3.8) is 0 Å². The van der Waals surface area contributed by atoms with Gasteiger partial charge in [-0.3, -0.25) is 4.79 Å². The number of aromatic nitrogens is 1. The molecule has 1 unspecified atom stereocenters. The van der Waals surface area contributed by atoms with Crippen LogP contribution in [0, 0.1) is 0 Å². The molecule has 1 atom stereocenters. The van der Waals surface area contributed by atoms with Crippen molar-refractivity contribution in [3.8, 4) is 11.3 Å². The Balaban J connectivity index is 1.80. The lowest BCUT2D eigenvalue weighted by molar-refractivity contribution is 0.0713. The standard InChI is InChI=1S/C24H19ClN2O2/c25-16-11-9-15(10-12-16)22-21(19-7-3-4-8-20(19)26-22)23-17-5-1-2-6-18(17)24(29)27(23)13-14-28/h1-12,23,26,28H,13-14H2. The molecule has 2 N–H and O–H groups in total. The van der Waals surface area contributed by atoms with Gasteiger partial charge in [-0.15, -0.1) is 0 Å². The van der Waals surface area contributed by atoms with E-state index in [2.05, 4.69) is 11.1 Å². The smallest absolute Gasteiger partial charge is 0.255 e. The van der Waals surface area contributed by atoms with Gasteiger partial charge in [0, 0.05) is 33.6 Å². The van der Waals surface area contributed by atoms with E-state index in [-0.39, 0.29) is 25.1 Å². The van der Waals surface area contributed by atoms with Crippen LogP contribution in [0.1, 0.15) is 27.5 Å². The van der Waals surface area contributed by atoms with Crippen LogP contribution in [-0.2, 0) is 0 Å². The number of hydrogen-bond donors (Lipinski definition) is 2. The van der Waals surface area contributed by atoms with E-state index in [1.165, 1.54) is 0 Å². The van der Waals surface area contributed by atoms with Gasteiger partial charge in [-0.05, 0) is 35.4 Å². The van der Waals surface area contributed by atoms with Crippen LogP contribution in [-0.4, -0.2) is 34.0 Å². The number of nitrogens with zero attached hydrogens (tertiary/aromatic N) is 1. The average molecular weight is 403 g/mol. The van der Waals surface area contributed by atoms with Gasteiger partial charge in [0.25, 0.3) is 5.91 Å². The molecule has 1 aliphatic heterocycles. The van der Waals surface area contributed by atoms with Crippen molar-refractivity contribution in [2.24, 2.45) is 0 Å². The Labute approximate surface area is 173 Å². The van der Waals surface area contributed by atoms with E-state index < -0.39 is 0 Å². The predicted octanol–water partition coefficient (Wildman–Crippen LogP) is 5.03. The van der Waals surface area contributed by atoms with Crippen molar-refractivity contribution in [1.29, 1.82) is 0 Å². The average Bonchev–Trinajstić information content (AvgIpc) is 3.25. The van der Waals surface area contributed by atoms with Crippen LogP contribution in [0.4, 0.5) is 0 Å². The summed E-state index contributed by atoms with van der Waals surface area (Å²) in [6.07, 6.45) is 0. The van der Waals surface area contributed by atoms with Gasteiger partial charge in [-0.2, -0.15) is 0 Å². The number of carbonyl (C=O) groups is 1. The van der Waals surface area contributed by atoms with E-state index in [0.29, 0.717) is 10.6 Å². The van der Waals surface area contributed by atoms with Crippen LogP contribution in [0.5, 0.6) is 0 Å². The molecule has 1 aliphatic rings. The number of aliphatic hydroxyl groups excluding tert-OH is 1. The van der Waals surface area contributed by atoms with Gasteiger partial charge >= 0.3 is 0 Å². The Morgan fingerprint density at radius 1 is 0.966 bits per heavy atom. The molecule has 1 aromatic heterocycles. The Bertz CT molecular complexity index is 1210. The molecule has 5 heteroatoms. The van der Waals surface area contributed by atoms with E-state index >= 15 is 0 Å². The molecule has 1 amide bonds. The van der Waals surface area contributed by atoms with E-state index in [9.17, 15) is 9.90 Å². The first kappa shape index (κ1) is 18.0. The molecule has 0 bridgehead atoms. The van der Waals surface area contributed by atoms with Gasteiger partial charge in [0.2, 0.25) is 0 Å². The summed E-state index contributed by atoms with van der Waals surface area (Å²) in [6.45, 7) is 0.187. The van der Waals surface area contributed by atoms with Gasteiger partial charge in [-0.1, -0.05) is 60.1 Å². The van der Waals surface area contributed by atoms with Crippen molar-refractivity contribution in [1.82, 2.24) is 9.88 Å². The number of fused-ring (bicyclic) bond motifs is 2. The third kappa shape index (κ3) is 2.84. The minimum atomic E-state index is -0.271. The molecule has 4 nitrogen and oxygen atoms in total. The first-order chi connectivity index (χ1) is 14.2. The normalized spacial score (nSPS) is 15.9. The molecule has 29 heavy (non-hydrogen) atoms. The summed E-state index contributed by atoms with van der Waals surface area (Å²) in [6, 6.07) is 23.2. The predicted molar refractivity (Wildman–Crippen MR) is 115 cm³/mol. The fourth-order valence-corrected chi connectivity index (χ4v) is 4.44. The number of amides is 1. The quantitative estimate of drug-likeness (QED) is 0.503. The SMILES string of the molecule is O=C1c2ccccc2C(c2c(-c3ccc(Cl)cc3)[nH]c3ccccc23)N1CCO. The van der Waals surface area contributed by atoms with Crippen molar-refractivity contribution in [2.75, 3.05) is 13.2 Å². The molecule has 0 saturated carbocycles. The second-order valence-corrected chi connectivity index (χ2v) is 7.61. The number of aromatic amines is 1. The minimum Gasteiger partial charge on any atom is -0.395 e. The lowest BCUT2D eigenvalue weighted by atomic mass is 9.93. The van der Waals surface area contributed by atoms with Gasteiger partial charge in [-0.25, -0.2) is 0 Å². The Morgan fingerprint density at radius 3 is 2.48 bits per heavy atom. The monoisotopic (exact) mass is 402 g/mol. The molecule has 4 aromatic rings. The number of carbonyl (C=O) groups excluding carboxylic acids is 1. The molecule has 0 radical (unpaired) electrons. The zero-order valence-corrected chi connectivity index (χ0v) is 16.4. The topological polar surface area (TPSA) is 56.3 Å². The maximum atomic E-state index is 13.1. The zero-order valence-electron chi connectivity index (χ0n) is 15.6. The summed E-state index contributed by atoms with van der Waals surface area (Å²) in [5.74, 6) is -0.0491. The Hall–Kier alpha value is -3.08. The number of nitrogens with one attached hydrogen (secondary N) is 1. The van der Waals surface area contributed by atoms with Crippen LogP contribution in [0.15, 0.2) is 72.8 Å². The zero-order chi connectivity index (χ0) is 20.0. The number of halogens is 1. The van der Waals surface area contributed by atoms with Crippen molar-refractivity contribution in [2.45, 2.75) is 6.04 Å². The second-order valence-electron chi connectivity index (χ2n) is 7.18. The van der Waals surface area contributed by atoms with Gasteiger partial charge in [0.15, 0.2) is 0 Å². The van der Waals surface area contributed by atoms with E-state index in [1.54, 1.807) is 4.90 Å². The minimum absolute atomic E-state index is 0.0491. The van der Waals surface area contributed by atoms with Gasteiger partial charge < -0.3 is 15.0 Å². The third-order valence-electron chi connectivity index (χ3n) is 5.55. The molecule has 144 valence electrons. The van der Waals surface area contributed by atoms with E-state index in [1.807, 2.05) is 66.7 Å². The summed E-state index contributed by atoms with van der Waals surface area (Å²) in [7, 11) is 0. The second kappa shape index (κ2) is 7.07. The molecule has 0 aliphatic carbocycles. The van der Waals surface area contributed by atoms with Crippen molar-refractivity contribution >= 4 is 28.4 Å². The summed E-state index contributed by atoms with van der Waals surface area (Å²) >= 11 is 6.10. The van der Waals surface area contributed by atoms with Gasteiger partial charge in [0.1, 0.15) is 0 Å². The lowest BCUT2D eigenvalue weighted by Crippen LogP contribution is -2.31. The summed E-state index contributed by atoms with van der Waals surface area (Å²) < 4.78 is 0. The highest BCUT2D eigenvalue weighted by atomic mass is 35.5. The fourth-order valence-electron chi connectivity index (χ4n) is 4.31. The molecule has 2 heterocycles. The highest BCUT2D eigenvalue weighted by molar-refractivity contribution is 6.30. The number of benzene rings is 3. The molecular formula is C24H19ClN2O2. The molecular weight excluding hydrogens is 384 g/mol. The first-order valence-electron chi connectivity index (χ1n) is 9.56. The number of hydrogen-bond acceptors (Lipinski definition) is 2. The highest BCUT2D eigenvalue weighted by Gasteiger charge is 2.39. The first-order valence-corrected chi connectivity index (χ1v) is 9.94. The molecule has 3 aromatic carbocycles. The number of H-pyrrole nitrogens is 1. The maximum Gasteiger partial charge on any atom is 0.255 e. The lowest BCUT2D eigenvalue weighted by Gasteiger charge is -2.26. The van der Waals surface area contributed by atoms with Crippen molar-refractivity contribution in [3.05, 3.63) is 94.5 Å². The van der Waals surface area contributed by atoms with Crippen LogP contribution in [0.3, 0.4) is 0 Å². The van der Waals surface area contributed by atoms with E-state index in [4.69, 9.17) is 11.6 Å². The summed E-state index contributed by atoms with van der Waals surface area (Å²) in [4.78, 5) is 18.4. The van der Waals surface area contributed by atoms with Crippen LogP contribution in [0.25, 0.3) is 22.2 Å². The third-order valence-corrected chi connectivity index (χ3v) is 5.80. The van der Waals surface area contributed by atoms with Crippen LogP contribution >= 0.6 is 11.6 Å². The number of para-hydroxylation sites is 1. The Kier molecular flexibility index (Phi) is 4.38. The largest absolute Gasteiger partial charge is 0.395 e. The maximum absolute atomic E-state index is 13.1. The summed E-state index contributed by atoms with van der Waals surface area (Å²) in [5.41, 5.74) is 5.66. The molecule has 5 rings (SSSR count). The molecule has 0 saturated heterocycles. The Morgan fingerprint density at radius 2 is 1.69 bits per heavy atom. The van der Waals surface area contributed by atoms with Gasteiger partial charge in [0.05, 0.1) is 18.3 Å².